The first-order valence-electron chi connectivity index (χ1n) is 8.49. The molecule has 0 bridgehead atoms. The molecule has 1 fully saturated rings. The normalized spacial score (nSPS) is 15.7. The van der Waals surface area contributed by atoms with Gasteiger partial charge in [0, 0.05) is 25.2 Å². The molecule has 0 atom stereocenters. The number of aryl methyl sites for hydroxylation is 1. The number of carbonyl (C=O) groups is 1. The molecular formula is C17H18ClF3N4OS2. The predicted molar refractivity (Wildman–Crippen MR) is 106 cm³/mol. The Kier molecular flexibility index (Phi) is 6.41. The summed E-state index contributed by atoms with van der Waals surface area (Å²) in [5.41, 5.74) is 0.0181. The molecule has 0 spiro atoms. The van der Waals surface area contributed by atoms with Gasteiger partial charge in [0.05, 0.1) is 20.5 Å². The van der Waals surface area contributed by atoms with Crippen molar-refractivity contribution in [1.82, 2.24) is 9.97 Å². The number of anilines is 2. The molecule has 0 aromatic carbocycles. The van der Waals surface area contributed by atoms with Gasteiger partial charge >= 0.3 is 6.18 Å². The molecule has 3 heterocycles. The third-order valence-corrected chi connectivity index (χ3v) is 7.05. The molecule has 0 unspecified atom stereocenters. The molecular weight excluding hydrogens is 433 g/mol. The van der Waals surface area contributed by atoms with Crippen molar-refractivity contribution >= 4 is 51.6 Å². The molecule has 5 nitrogen and oxygen atoms in total. The lowest BCUT2D eigenvalue weighted by molar-refractivity contribution is -0.137. The quantitative estimate of drug-likeness (QED) is 0.657. The number of nitrogens with one attached hydrogen (secondary N) is 1. The standard InChI is InChI=1S/C17H18ClF3N4OS2/c1-9-15(27-2)28-16(23-9)24-14(26)10-3-5-25(6-4-10)13-12(18)7-11(8-22-13)17(19,20)21/h7-8,10H,3-6H2,1-2H3,(H,23,24,26). The van der Waals surface area contributed by atoms with Crippen molar-refractivity contribution in [2.75, 3.05) is 29.6 Å². The van der Waals surface area contributed by atoms with Gasteiger partial charge in [0.15, 0.2) is 5.13 Å². The Morgan fingerprint density at radius 3 is 2.61 bits per heavy atom. The third kappa shape index (κ3) is 4.72. The van der Waals surface area contributed by atoms with E-state index in [1.54, 1.807) is 11.8 Å². The van der Waals surface area contributed by atoms with E-state index in [1.165, 1.54) is 11.3 Å². The number of piperidine rings is 1. The number of alkyl halides is 3. The van der Waals surface area contributed by atoms with Gasteiger partial charge in [0.25, 0.3) is 0 Å². The Labute approximate surface area is 173 Å². The van der Waals surface area contributed by atoms with Gasteiger partial charge in [-0.1, -0.05) is 22.9 Å². The van der Waals surface area contributed by atoms with Gasteiger partial charge in [-0.3, -0.25) is 4.79 Å². The molecule has 1 amide bonds. The fraction of sp³-hybridized carbons (Fsp3) is 0.471. The maximum atomic E-state index is 12.7. The number of carbonyl (C=O) groups excluding carboxylic acids is 1. The van der Waals surface area contributed by atoms with Crippen LogP contribution in [-0.4, -0.2) is 35.2 Å². The van der Waals surface area contributed by atoms with Gasteiger partial charge in [-0.2, -0.15) is 13.2 Å². The van der Waals surface area contributed by atoms with Crippen LogP contribution in [0.15, 0.2) is 16.5 Å². The highest BCUT2D eigenvalue weighted by Gasteiger charge is 2.33. The van der Waals surface area contributed by atoms with Crippen molar-refractivity contribution in [2.24, 2.45) is 5.92 Å². The minimum absolute atomic E-state index is 0.0411. The van der Waals surface area contributed by atoms with Crippen LogP contribution in [-0.2, 0) is 11.0 Å². The van der Waals surface area contributed by atoms with Gasteiger partial charge < -0.3 is 10.2 Å². The number of hydrogen-bond donors (Lipinski definition) is 1. The average molecular weight is 451 g/mol. The topological polar surface area (TPSA) is 58.1 Å². The molecule has 11 heteroatoms. The molecule has 1 N–H and O–H groups in total. The largest absolute Gasteiger partial charge is 0.417 e. The zero-order chi connectivity index (χ0) is 20.5. The van der Waals surface area contributed by atoms with Crippen LogP contribution in [0.3, 0.4) is 0 Å². The van der Waals surface area contributed by atoms with Crippen molar-refractivity contribution in [3.05, 3.63) is 28.5 Å². The van der Waals surface area contributed by atoms with Crippen LogP contribution in [0.2, 0.25) is 5.02 Å². The molecule has 1 saturated heterocycles. The third-order valence-electron chi connectivity index (χ3n) is 4.48. The van der Waals surface area contributed by atoms with Crippen molar-refractivity contribution in [3.8, 4) is 0 Å². The number of nitrogens with zero attached hydrogens (tertiary/aromatic N) is 3. The fourth-order valence-electron chi connectivity index (χ4n) is 3.00. The zero-order valence-electron chi connectivity index (χ0n) is 15.1. The van der Waals surface area contributed by atoms with Crippen LogP contribution in [0.4, 0.5) is 24.1 Å². The summed E-state index contributed by atoms with van der Waals surface area (Å²) in [5.74, 6) is 0.0348. The second-order valence-electron chi connectivity index (χ2n) is 6.37. The van der Waals surface area contributed by atoms with Crippen molar-refractivity contribution in [2.45, 2.75) is 30.2 Å². The Morgan fingerprint density at radius 1 is 1.39 bits per heavy atom. The lowest BCUT2D eigenvalue weighted by Gasteiger charge is -2.32. The van der Waals surface area contributed by atoms with Crippen molar-refractivity contribution in [1.29, 1.82) is 0 Å². The number of thiazole rings is 1. The zero-order valence-corrected chi connectivity index (χ0v) is 17.5. The molecule has 2 aromatic rings. The number of rotatable bonds is 4. The van der Waals surface area contributed by atoms with Crippen LogP contribution < -0.4 is 10.2 Å². The molecule has 1 aliphatic heterocycles. The summed E-state index contributed by atoms with van der Waals surface area (Å²) in [6, 6.07) is 0.886. The molecule has 0 aliphatic carbocycles. The smallest absolute Gasteiger partial charge is 0.355 e. The van der Waals surface area contributed by atoms with Gasteiger partial charge in [0.1, 0.15) is 5.82 Å². The fourth-order valence-corrected chi connectivity index (χ4v) is 4.90. The van der Waals surface area contributed by atoms with Gasteiger partial charge in [-0.25, -0.2) is 9.97 Å². The summed E-state index contributed by atoms with van der Waals surface area (Å²) in [7, 11) is 0. The van der Waals surface area contributed by atoms with E-state index in [1.807, 2.05) is 18.1 Å². The molecule has 3 rings (SSSR count). The molecule has 152 valence electrons. The second-order valence-corrected chi connectivity index (χ2v) is 8.85. The van der Waals surface area contributed by atoms with E-state index in [0.29, 0.717) is 36.9 Å². The summed E-state index contributed by atoms with van der Waals surface area (Å²) in [6.07, 6.45) is -0.615. The monoisotopic (exact) mass is 450 g/mol. The highest BCUT2D eigenvalue weighted by molar-refractivity contribution is 8.00. The van der Waals surface area contributed by atoms with Crippen LogP contribution in [0, 0.1) is 12.8 Å². The lowest BCUT2D eigenvalue weighted by atomic mass is 9.96. The number of pyridine rings is 1. The highest BCUT2D eigenvalue weighted by Crippen LogP contribution is 2.35. The number of halogens is 4. The van der Waals surface area contributed by atoms with Crippen molar-refractivity contribution in [3.63, 3.8) is 0 Å². The highest BCUT2D eigenvalue weighted by atomic mass is 35.5. The minimum atomic E-state index is -4.48. The van der Waals surface area contributed by atoms with E-state index in [2.05, 4.69) is 15.3 Å². The first kappa shape index (κ1) is 21.2. The van der Waals surface area contributed by atoms with E-state index in [0.717, 1.165) is 22.2 Å². The Morgan fingerprint density at radius 2 is 2.07 bits per heavy atom. The molecule has 0 radical (unpaired) electrons. The summed E-state index contributed by atoms with van der Waals surface area (Å²) in [4.78, 5) is 22.6. The van der Waals surface area contributed by atoms with E-state index in [-0.39, 0.29) is 16.8 Å². The van der Waals surface area contributed by atoms with Crippen LogP contribution in [0.5, 0.6) is 0 Å². The molecule has 0 saturated carbocycles. The molecule has 2 aromatic heterocycles. The Bertz CT molecular complexity index is 867. The maximum Gasteiger partial charge on any atom is 0.417 e. The first-order valence-corrected chi connectivity index (χ1v) is 10.9. The van der Waals surface area contributed by atoms with Crippen molar-refractivity contribution < 1.29 is 18.0 Å². The second kappa shape index (κ2) is 8.46. The molecule has 28 heavy (non-hydrogen) atoms. The number of amides is 1. The Hall–Kier alpha value is -1.52. The van der Waals surface area contributed by atoms with E-state index < -0.39 is 11.7 Å². The lowest BCUT2D eigenvalue weighted by Crippen LogP contribution is -2.38. The Balaban J connectivity index is 1.60. The van der Waals surface area contributed by atoms with E-state index in [4.69, 9.17) is 11.6 Å². The summed E-state index contributed by atoms with van der Waals surface area (Å²) >= 11 is 9.05. The minimum Gasteiger partial charge on any atom is -0.355 e. The first-order chi connectivity index (χ1) is 13.2. The maximum absolute atomic E-state index is 12.7. The summed E-state index contributed by atoms with van der Waals surface area (Å²) in [6.45, 7) is 2.88. The average Bonchev–Trinajstić information content (AvgIpc) is 3.00. The number of thioether (sulfide) groups is 1. The van der Waals surface area contributed by atoms with Crippen LogP contribution >= 0.6 is 34.7 Å². The molecule has 1 aliphatic rings. The van der Waals surface area contributed by atoms with Crippen LogP contribution in [0.25, 0.3) is 0 Å². The van der Waals surface area contributed by atoms with Crippen LogP contribution in [0.1, 0.15) is 24.1 Å². The van der Waals surface area contributed by atoms with E-state index in [9.17, 15) is 18.0 Å². The summed E-state index contributed by atoms with van der Waals surface area (Å²) < 4.78 is 39.3. The van der Waals surface area contributed by atoms with E-state index >= 15 is 0 Å². The SMILES string of the molecule is CSc1sc(NC(=O)C2CCN(c3ncc(C(F)(F)F)cc3Cl)CC2)nc1C. The predicted octanol–water partition coefficient (Wildman–Crippen LogP) is 5.10. The summed E-state index contributed by atoms with van der Waals surface area (Å²) in [5, 5.41) is 3.41. The number of aromatic nitrogens is 2. The van der Waals surface area contributed by atoms with Gasteiger partial charge in [-0.15, -0.1) is 11.8 Å². The van der Waals surface area contributed by atoms with Gasteiger partial charge in [-0.05, 0) is 32.1 Å². The van der Waals surface area contributed by atoms with Gasteiger partial charge in [0.2, 0.25) is 5.91 Å². The number of hydrogen-bond acceptors (Lipinski definition) is 6.